The lowest BCUT2D eigenvalue weighted by Gasteiger charge is -2.09. The van der Waals surface area contributed by atoms with Crippen molar-refractivity contribution in [1.29, 1.82) is 0 Å². The predicted molar refractivity (Wildman–Crippen MR) is 52.4 cm³/mol. The quantitative estimate of drug-likeness (QED) is 0.468. The maximum atomic E-state index is 11.3. The van der Waals surface area contributed by atoms with Crippen LogP contribution >= 0.6 is 0 Å². The van der Waals surface area contributed by atoms with Crippen molar-refractivity contribution in [3.63, 3.8) is 0 Å². The number of carbonyl (C=O) groups is 1. The highest BCUT2D eigenvalue weighted by Crippen LogP contribution is 2.03. The first kappa shape index (κ1) is 10.6. The van der Waals surface area contributed by atoms with Crippen LogP contribution in [0.25, 0.3) is 0 Å². The van der Waals surface area contributed by atoms with E-state index >= 15 is 0 Å². The number of rotatable bonds is 4. The molecule has 0 aromatic heterocycles. The fourth-order valence-electron chi connectivity index (χ4n) is 0.607. The van der Waals surface area contributed by atoms with E-state index in [1.807, 2.05) is 6.08 Å². The zero-order valence-corrected chi connectivity index (χ0v) is 8.98. The highest BCUT2D eigenvalue weighted by molar-refractivity contribution is 7.04. The van der Waals surface area contributed by atoms with Crippen molar-refractivity contribution in [3.05, 3.63) is 12.2 Å². The van der Waals surface area contributed by atoms with Crippen LogP contribution in [0.2, 0.25) is 19.6 Å². The minimum Gasteiger partial charge on any atom is -0.301 e. The molecule has 0 amide bonds. The van der Waals surface area contributed by atoms with E-state index in [9.17, 15) is 4.79 Å². The third-order valence-electron chi connectivity index (χ3n) is 1.46. The maximum Gasteiger partial charge on any atom is 0.132 e. The van der Waals surface area contributed by atoms with Gasteiger partial charge in [0.05, 0.1) is 0 Å². The van der Waals surface area contributed by atoms with Gasteiger partial charge in [-0.15, -0.1) is 0 Å². The number of unbranched alkanes of at least 4 members (excludes halogenated alkanes) is 1. The topological polar surface area (TPSA) is 17.1 Å². The van der Waals surface area contributed by atoms with Gasteiger partial charge in [-0.3, -0.25) is 0 Å². The van der Waals surface area contributed by atoms with Crippen LogP contribution in [-0.4, -0.2) is 13.5 Å². The first-order valence-electron chi connectivity index (χ1n) is 4.19. The van der Waals surface area contributed by atoms with E-state index in [1.165, 1.54) is 0 Å². The molecule has 0 bridgehead atoms. The van der Waals surface area contributed by atoms with Gasteiger partial charge < -0.3 is 4.79 Å². The lowest BCUT2D eigenvalue weighted by molar-refractivity contribution is -0.108. The Balaban J connectivity index is 3.88. The van der Waals surface area contributed by atoms with E-state index in [0.29, 0.717) is 5.41 Å². The molecule has 0 heterocycles. The fourth-order valence-corrected chi connectivity index (χ4v) is 1.22. The highest BCUT2D eigenvalue weighted by atomic mass is 28.3. The molecule has 2 heteroatoms. The molecule has 0 aliphatic carbocycles. The summed E-state index contributed by atoms with van der Waals surface area (Å²) in [6.45, 7) is 8.34. The summed E-state index contributed by atoms with van der Waals surface area (Å²) in [4.78, 5) is 11.3. The van der Waals surface area contributed by atoms with E-state index in [0.717, 1.165) is 12.8 Å². The van der Waals surface area contributed by atoms with Crippen molar-refractivity contribution in [2.75, 3.05) is 0 Å². The van der Waals surface area contributed by atoms with E-state index in [-0.39, 0.29) is 0 Å². The van der Waals surface area contributed by atoms with E-state index in [2.05, 4.69) is 26.6 Å². The Hall–Kier alpha value is -0.373. The molecule has 0 spiro atoms. The van der Waals surface area contributed by atoms with Crippen LogP contribution in [0.15, 0.2) is 12.2 Å². The molecule has 0 aliphatic rings. The summed E-state index contributed by atoms with van der Waals surface area (Å²) >= 11 is 0. The number of carbonyl (C=O) groups excluding carboxylic acids is 1. The summed E-state index contributed by atoms with van der Waals surface area (Å²) < 4.78 is 0. The van der Waals surface area contributed by atoms with Gasteiger partial charge in [-0.05, 0) is 12.5 Å². The summed E-state index contributed by atoms with van der Waals surface area (Å²) in [6, 6.07) is 0. The largest absolute Gasteiger partial charge is 0.301 e. The molecule has 0 saturated heterocycles. The smallest absolute Gasteiger partial charge is 0.132 e. The molecule has 64 valence electrons. The average molecular weight is 170 g/mol. The van der Waals surface area contributed by atoms with Crippen molar-refractivity contribution >= 4 is 13.5 Å². The monoisotopic (exact) mass is 170 g/mol. The van der Waals surface area contributed by atoms with Gasteiger partial charge in [0.2, 0.25) is 0 Å². The second-order valence-electron chi connectivity index (χ2n) is 3.81. The zero-order chi connectivity index (χ0) is 8.91. The Bertz CT molecular complexity index is 153. The molecular weight excluding hydrogens is 152 g/mol. The van der Waals surface area contributed by atoms with Crippen molar-refractivity contribution in [2.45, 2.75) is 39.4 Å². The summed E-state index contributed by atoms with van der Waals surface area (Å²) in [7, 11) is -1.54. The lowest BCUT2D eigenvalue weighted by Crippen LogP contribution is -2.31. The van der Waals surface area contributed by atoms with Crippen LogP contribution in [0.5, 0.6) is 0 Å². The van der Waals surface area contributed by atoms with Crippen LogP contribution in [-0.2, 0) is 4.79 Å². The summed E-state index contributed by atoms with van der Waals surface area (Å²) in [5.41, 5.74) is 0. The van der Waals surface area contributed by atoms with Crippen molar-refractivity contribution in [1.82, 2.24) is 0 Å². The number of hydrogen-bond acceptors (Lipinski definition) is 1. The zero-order valence-electron chi connectivity index (χ0n) is 7.98. The van der Waals surface area contributed by atoms with Crippen LogP contribution in [0.1, 0.15) is 19.8 Å². The molecule has 0 N–H and O–H groups in total. The van der Waals surface area contributed by atoms with Gasteiger partial charge in [-0.25, -0.2) is 0 Å². The molecule has 0 fully saturated rings. The van der Waals surface area contributed by atoms with Crippen LogP contribution in [0.4, 0.5) is 0 Å². The van der Waals surface area contributed by atoms with Gasteiger partial charge >= 0.3 is 0 Å². The molecule has 11 heavy (non-hydrogen) atoms. The lowest BCUT2D eigenvalue weighted by atomic mass is 10.3. The van der Waals surface area contributed by atoms with Gasteiger partial charge in [0, 0.05) is 0 Å². The Kier molecular flexibility index (Phi) is 4.34. The molecular formula is C9H18OSi. The second-order valence-corrected chi connectivity index (χ2v) is 8.80. The van der Waals surface area contributed by atoms with E-state index in [4.69, 9.17) is 0 Å². The van der Waals surface area contributed by atoms with Crippen LogP contribution < -0.4 is 0 Å². The van der Waals surface area contributed by atoms with Crippen LogP contribution in [0, 0.1) is 0 Å². The van der Waals surface area contributed by atoms with Gasteiger partial charge in [-0.2, -0.15) is 0 Å². The predicted octanol–water partition coefficient (Wildman–Crippen LogP) is 2.79. The minimum atomic E-state index is -1.54. The SMILES string of the molecule is CCC/C=C/C(=O)[Si](C)(C)C. The Morgan fingerprint density at radius 2 is 1.91 bits per heavy atom. The van der Waals surface area contributed by atoms with E-state index in [1.54, 1.807) is 6.08 Å². The third-order valence-corrected chi connectivity index (χ3v) is 3.11. The van der Waals surface area contributed by atoms with Crippen molar-refractivity contribution in [3.8, 4) is 0 Å². The molecule has 0 atom stereocenters. The normalized spacial score (nSPS) is 12.4. The molecule has 0 radical (unpaired) electrons. The Morgan fingerprint density at radius 1 is 1.36 bits per heavy atom. The fraction of sp³-hybridized carbons (Fsp3) is 0.667. The second kappa shape index (κ2) is 4.49. The van der Waals surface area contributed by atoms with Crippen LogP contribution in [0.3, 0.4) is 0 Å². The Morgan fingerprint density at radius 3 is 2.27 bits per heavy atom. The molecule has 0 aromatic rings. The van der Waals surface area contributed by atoms with Gasteiger partial charge in [0.1, 0.15) is 13.5 Å². The van der Waals surface area contributed by atoms with Crippen molar-refractivity contribution in [2.24, 2.45) is 0 Å². The molecule has 1 nitrogen and oxygen atoms in total. The van der Waals surface area contributed by atoms with Crippen molar-refractivity contribution < 1.29 is 4.79 Å². The number of allylic oxidation sites excluding steroid dienone is 2. The highest BCUT2D eigenvalue weighted by Gasteiger charge is 2.20. The number of hydrogen-bond donors (Lipinski definition) is 0. The maximum absolute atomic E-state index is 11.3. The first-order chi connectivity index (χ1) is 4.98. The third kappa shape index (κ3) is 4.96. The summed E-state index contributed by atoms with van der Waals surface area (Å²) in [5, 5.41) is 0.353. The standard InChI is InChI=1S/C9H18OSi/c1-5-6-7-8-9(10)11(2,3)4/h7-8H,5-6H2,1-4H3/b8-7+. The van der Waals surface area contributed by atoms with Gasteiger partial charge in [0.15, 0.2) is 0 Å². The molecule has 0 unspecified atom stereocenters. The molecule has 0 aromatic carbocycles. The van der Waals surface area contributed by atoms with Gasteiger partial charge in [-0.1, -0.05) is 39.1 Å². The average Bonchev–Trinajstić information content (AvgIpc) is 1.86. The summed E-state index contributed by atoms with van der Waals surface area (Å²) in [6.07, 6.45) is 5.89. The van der Waals surface area contributed by atoms with Gasteiger partial charge in [0.25, 0.3) is 0 Å². The van der Waals surface area contributed by atoms with E-state index < -0.39 is 8.07 Å². The first-order valence-corrected chi connectivity index (χ1v) is 7.69. The Labute approximate surface area is 70.5 Å². The minimum absolute atomic E-state index is 0.353. The summed E-state index contributed by atoms with van der Waals surface area (Å²) in [5.74, 6) is 0. The molecule has 0 rings (SSSR count). The molecule has 0 saturated carbocycles. The molecule has 0 aliphatic heterocycles.